The minimum absolute atomic E-state index is 0.00867. The topological polar surface area (TPSA) is 96.0 Å². The largest absolute Gasteiger partial charge is 0.456 e. The van der Waals surface area contributed by atoms with Crippen LogP contribution in [0.2, 0.25) is 5.02 Å². The van der Waals surface area contributed by atoms with Gasteiger partial charge in [-0.2, -0.15) is 18.0 Å². The molecule has 0 radical (unpaired) electrons. The quantitative estimate of drug-likeness (QED) is 0.405. The van der Waals surface area contributed by atoms with Gasteiger partial charge in [0.15, 0.2) is 0 Å². The van der Waals surface area contributed by atoms with E-state index in [1.807, 2.05) is 13.8 Å². The average Bonchev–Trinajstić information content (AvgIpc) is 3.12. The summed E-state index contributed by atoms with van der Waals surface area (Å²) in [5, 5.41) is 22.9. The van der Waals surface area contributed by atoms with Crippen molar-refractivity contribution in [2.45, 2.75) is 26.1 Å². The van der Waals surface area contributed by atoms with Gasteiger partial charge < -0.3 is 4.74 Å². The maximum absolute atomic E-state index is 12.8. The number of aromatic nitrogens is 4. The van der Waals surface area contributed by atoms with Crippen LogP contribution in [-0.2, 0) is 6.18 Å². The van der Waals surface area contributed by atoms with E-state index in [4.69, 9.17) is 16.3 Å². The number of hydrogen-bond donors (Lipinski definition) is 0. The van der Waals surface area contributed by atoms with Crippen LogP contribution in [0.4, 0.5) is 18.9 Å². The zero-order valence-electron chi connectivity index (χ0n) is 15.0. The third kappa shape index (κ3) is 4.45. The summed E-state index contributed by atoms with van der Waals surface area (Å²) in [6.45, 7) is 3.62. The highest BCUT2D eigenvalue weighted by Crippen LogP contribution is 2.38. The van der Waals surface area contributed by atoms with Gasteiger partial charge in [-0.15, -0.1) is 10.2 Å². The van der Waals surface area contributed by atoms with Crippen molar-refractivity contribution in [1.82, 2.24) is 20.2 Å². The predicted octanol–water partition coefficient (Wildman–Crippen LogP) is 5.29. The highest BCUT2D eigenvalue weighted by molar-refractivity contribution is 6.32. The highest BCUT2D eigenvalue weighted by atomic mass is 35.5. The SMILES string of the molecule is CC(C)n1nnc(-c2cc(Oc3ccc(C(F)(F)F)cc3Cl)ccc2[N+](=O)[O-])n1. The Morgan fingerprint density at radius 2 is 1.93 bits per heavy atom. The first-order valence-corrected chi connectivity index (χ1v) is 8.57. The van der Waals surface area contributed by atoms with E-state index in [9.17, 15) is 23.3 Å². The molecule has 0 spiro atoms. The van der Waals surface area contributed by atoms with Crippen molar-refractivity contribution >= 4 is 17.3 Å². The first-order chi connectivity index (χ1) is 13.6. The Morgan fingerprint density at radius 3 is 2.48 bits per heavy atom. The smallest absolute Gasteiger partial charge is 0.416 e. The molecule has 0 aliphatic rings. The van der Waals surface area contributed by atoms with Gasteiger partial charge in [-0.25, -0.2) is 0 Å². The van der Waals surface area contributed by atoms with E-state index in [0.717, 1.165) is 18.2 Å². The zero-order valence-corrected chi connectivity index (χ0v) is 15.8. The lowest BCUT2D eigenvalue weighted by molar-refractivity contribution is -0.384. The molecule has 0 saturated heterocycles. The maximum atomic E-state index is 12.8. The lowest BCUT2D eigenvalue weighted by Gasteiger charge is -2.11. The van der Waals surface area contributed by atoms with Gasteiger partial charge in [0.05, 0.1) is 21.6 Å². The predicted molar refractivity (Wildman–Crippen MR) is 96.8 cm³/mol. The van der Waals surface area contributed by atoms with Crippen LogP contribution in [0.25, 0.3) is 11.4 Å². The zero-order chi connectivity index (χ0) is 21.3. The van der Waals surface area contributed by atoms with Gasteiger partial charge in [-0.1, -0.05) is 11.6 Å². The van der Waals surface area contributed by atoms with E-state index in [1.165, 1.54) is 23.0 Å². The van der Waals surface area contributed by atoms with Gasteiger partial charge in [0.1, 0.15) is 17.1 Å². The molecule has 12 heteroatoms. The number of ether oxygens (including phenoxy) is 1. The Bertz CT molecular complexity index is 1070. The Hall–Kier alpha value is -3.21. The van der Waals surface area contributed by atoms with Crippen molar-refractivity contribution in [2.75, 3.05) is 0 Å². The molecule has 3 rings (SSSR count). The maximum Gasteiger partial charge on any atom is 0.416 e. The Labute approximate surface area is 167 Å². The number of alkyl halides is 3. The fourth-order valence-electron chi connectivity index (χ4n) is 2.36. The molecular weight excluding hydrogens is 415 g/mol. The molecule has 1 heterocycles. The molecule has 0 aliphatic heterocycles. The molecule has 3 aromatic rings. The molecule has 152 valence electrons. The van der Waals surface area contributed by atoms with Crippen LogP contribution in [0.3, 0.4) is 0 Å². The summed E-state index contributed by atoms with van der Waals surface area (Å²) in [5.74, 6) is 0.0702. The van der Waals surface area contributed by atoms with Crippen LogP contribution < -0.4 is 4.74 Å². The molecule has 0 unspecified atom stereocenters. The number of hydrogen-bond acceptors (Lipinski definition) is 6. The molecule has 0 saturated carbocycles. The van der Waals surface area contributed by atoms with Crippen LogP contribution in [0.15, 0.2) is 36.4 Å². The number of nitrogens with zero attached hydrogens (tertiary/aromatic N) is 5. The van der Waals surface area contributed by atoms with E-state index in [0.29, 0.717) is 0 Å². The van der Waals surface area contributed by atoms with Crippen molar-refractivity contribution in [2.24, 2.45) is 0 Å². The highest BCUT2D eigenvalue weighted by Gasteiger charge is 2.31. The molecule has 0 fully saturated rings. The standard InChI is InChI=1S/C17H13ClF3N5O3/c1-9(2)25-23-16(22-24-25)12-8-11(4-5-14(12)26(27)28)29-15-6-3-10(7-13(15)18)17(19,20)21/h3-9H,1-2H3. The van der Waals surface area contributed by atoms with Crippen molar-refractivity contribution in [3.63, 3.8) is 0 Å². The van der Waals surface area contributed by atoms with Crippen LogP contribution in [0.1, 0.15) is 25.5 Å². The number of rotatable bonds is 5. The van der Waals surface area contributed by atoms with E-state index in [-0.39, 0.29) is 39.6 Å². The summed E-state index contributed by atoms with van der Waals surface area (Å²) in [7, 11) is 0. The van der Waals surface area contributed by atoms with E-state index in [1.54, 1.807) is 0 Å². The van der Waals surface area contributed by atoms with Crippen LogP contribution in [0.5, 0.6) is 11.5 Å². The Balaban J connectivity index is 1.98. The van der Waals surface area contributed by atoms with Gasteiger partial charge in [-0.3, -0.25) is 10.1 Å². The van der Waals surface area contributed by atoms with Gasteiger partial charge in [0, 0.05) is 6.07 Å². The summed E-state index contributed by atoms with van der Waals surface area (Å²) in [5.41, 5.74) is -1.16. The summed E-state index contributed by atoms with van der Waals surface area (Å²) in [6.07, 6.45) is -4.55. The monoisotopic (exact) mass is 427 g/mol. The lowest BCUT2D eigenvalue weighted by Crippen LogP contribution is -2.05. The third-order valence-corrected chi connectivity index (χ3v) is 4.08. The molecule has 0 bridgehead atoms. The normalized spacial score (nSPS) is 11.7. The number of tetrazole rings is 1. The van der Waals surface area contributed by atoms with Gasteiger partial charge >= 0.3 is 6.18 Å². The third-order valence-electron chi connectivity index (χ3n) is 3.78. The minimum atomic E-state index is -4.55. The van der Waals surface area contributed by atoms with Crippen LogP contribution in [0, 0.1) is 10.1 Å². The number of nitro benzene ring substituents is 1. The van der Waals surface area contributed by atoms with E-state index in [2.05, 4.69) is 15.4 Å². The van der Waals surface area contributed by atoms with E-state index >= 15 is 0 Å². The molecule has 8 nitrogen and oxygen atoms in total. The molecule has 0 amide bonds. The molecule has 1 aromatic heterocycles. The van der Waals surface area contributed by atoms with Gasteiger partial charge in [0.25, 0.3) is 5.69 Å². The van der Waals surface area contributed by atoms with Crippen molar-refractivity contribution in [3.05, 3.63) is 57.1 Å². The van der Waals surface area contributed by atoms with Crippen molar-refractivity contribution in [1.29, 1.82) is 0 Å². The first-order valence-electron chi connectivity index (χ1n) is 8.19. The van der Waals surface area contributed by atoms with E-state index < -0.39 is 16.7 Å². The number of benzene rings is 2. The summed E-state index contributed by atoms with van der Waals surface area (Å²) in [4.78, 5) is 12.0. The van der Waals surface area contributed by atoms with Gasteiger partial charge in [0.2, 0.25) is 5.82 Å². The molecule has 29 heavy (non-hydrogen) atoms. The Morgan fingerprint density at radius 1 is 1.21 bits per heavy atom. The van der Waals surface area contributed by atoms with Crippen LogP contribution >= 0.6 is 11.6 Å². The molecule has 0 atom stereocenters. The van der Waals surface area contributed by atoms with Crippen molar-refractivity contribution in [3.8, 4) is 22.9 Å². The second-order valence-corrected chi connectivity index (χ2v) is 6.62. The summed E-state index contributed by atoms with van der Waals surface area (Å²) < 4.78 is 43.8. The summed E-state index contributed by atoms with van der Waals surface area (Å²) >= 11 is 5.89. The number of halogens is 4. The van der Waals surface area contributed by atoms with Gasteiger partial charge in [-0.05, 0) is 49.4 Å². The summed E-state index contributed by atoms with van der Waals surface area (Å²) in [6, 6.07) is 6.29. The second kappa shape index (κ2) is 7.66. The fraction of sp³-hybridized carbons (Fsp3) is 0.235. The number of nitro groups is 1. The molecule has 0 aliphatic carbocycles. The molecule has 0 N–H and O–H groups in total. The molecule has 2 aromatic carbocycles. The first kappa shape index (κ1) is 20.5. The minimum Gasteiger partial charge on any atom is -0.456 e. The lowest BCUT2D eigenvalue weighted by atomic mass is 10.1. The van der Waals surface area contributed by atoms with Crippen LogP contribution in [-0.4, -0.2) is 25.1 Å². The Kier molecular flexibility index (Phi) is 5.42. The van der Waals surface area contributed by atoms with Crippen molar-refractivity contribution < 1.29 is 22.8 Å². The molecular formula is C17H13ClF3N5O3. The fourth-order valence-corrected chi connectivity index (χ4v) is 2.57. The second-order valence-electron chi connectivity index (χ2n) is 6.21. The average molecular weight is 428 g/mol.